The van der Waals surface area contributed by atoms with Crippen molar-refractivity contribution in [1.29, 1.82) is 0 Å². The summed E-state index contributed by atoms with van der Waals surface area (Å²) < 4.78 is 47.7. The first kappa shape index (κ1) is 19.8. The molecule has 1 saturated carbocycles. The molecule has 0 unspecified atom stereocenters. The Morgan fingerprint density at radius 3 is 2.19 bits per heavy atom. The van der Waals surface area contributed by atoms with Gasteiger partial charge in [-0.3, -0.25) is 0 Å². The number of aromatic nitrogens is 1. The molecular weight excluding hydrogens is 355 g/mol. The van der Waals surface area contributed by atoms with Crippen molar-refractivity contribution in [2.45, 2.75) is 65.7 Å². The summed E-state index contributed by atoms with van der Waals surface area (Å²) in [5.74, 6) is 0.372. The Balaban J connectivity index is 1.92. The lowest BCUT2D eigenvalue weighted by atomic mass is 9.72. The monoisotopic (exact) mass is 381 g/mol. The summed E-state index contributed by atoms with van der Waals surface area (Å²) in [7, 11) is 0. The minimum atomic E-state index is -4.60. The molecule has 1 aromatic carbocycles. The number of alkyl halides is 3. The number of fused-ring (bicyclic) bond motifs is 1. The summed E-state index contributed by atoms with van der Waals surface area (Å²) in [4.78, 5) is 0. The van der Waals surface area contributed by atoms with Gasteiger partial charge in [0, 0.05) is 19.1 Å². The number of aryl methyl sites for hydroxylation is 1. The van der Waals surface area contributed by atoms with Crippen molar-refractivity contribution in [2.24, 2.45) is 11.3 Å². The number of hydrogen-bond donors (Lipinski definition) is 0. The number of pyridine rings is 1. The molecule has 1 heterocycles. The number of hydrogen-bond acceptors (Lipinski definition) is 2. The minimum absolute atomic E-state index is 0.00566. The van der Waals surface area contributed by atoms with Crippen molar-refractivity contribution in [3.8, 4) is 5.75 Å². The molecular formula is C21H26F3NO2. The Morgan fingerprint density at radius 1 is 1.00 bits per heavy atom. The lowest BCUT2D eigenvalue weighted by molar-refractivity contribution is -0.584. The molecule has 0 atom stereocenters. The van der Waals surface area contributed by atoms with Gasteiger partial charge in [0.1, 0.15) is 11.3 Å². The molecule has 0 amide bonds. The zero-order chi connectivity index (χ0) is 20.0. The highest BCUT2D eigenvalue weighted by Gasteiger charge is 2.39. The van der Waals surface area contributed by atoms with E-state index >= 15 is 0 Å². The normalized spacial score (nSPS) is 21.4. The van der Waals surface area contributed by atoms with Crippen LogP contribution in [0.2, 0.25) is 0 Å². The van der Waals surface area contributed by atoms with Gasteiger partial charge in [-0.2, -0.15) is 17.9 Å². The van der Waals surface area contributed by atoms with Crippen molar-refractivity contribution in [1.82, 2.24) is 0 Å². The van der Waals surface area contributed by atoms with Crippen molar-refractivity contribution in [2.75, 3.05) is 0 Å². The summed E-state index contributed by atoms with van der Waals surface area (Å²) in [5, 5.41) is 12.0. The van der Waals surface area contributed by atoms with Crippen LogP contribution in [-0.2, 0) is 6.18 Å². The SMILES string of the molecule is Cc1ccc2c(C(F)(F)F)c(OC3CCC(C(C)(C)C)CC3)ccc2[n+]1[O-]. The Kier molecular flexibility index (Phi) is 5.04. The van der Waals surface area contributed by atoms with Crippen LogP contribution in [0, 0.1) is 23.5 Å². The molecule has 0 spiro atoms. The van der Waals surface area contributed by atoms with Crippen molar-refractivity contribution < 1.29 is 22.6 Å². The number of ether oxygens (including phenoxy) is 1. The largest absolute Gasteiger partial charge is 0.618 e. The highest BCUT2D eigenvalue weighted by molar-refractivity contribution is 5.83. The Morgan fingerprint density at radius 2 is 1.63 bits per heavy atom. The quantitative estimate of drug-likeness (QED) is 0.488. The van der Waals surface area contributed by atoms with E-state index in [0.29, 0.717) is 16.3 Å². The smallest absolute Gasteiger partial charge is 0.420 e. The van der Waals surface area contributed by atoms with Crippen LogP contribution in [0.3, 0.4) is 0 Å². The molecule has 2 aromatic rings. The van der Waals surface area contributed by atoms with E-state index < -0.39 is 11.7 Å². The average Bonchev–Trinajstić information content (AvgIpc) is 2.56. The fourth-order valence-corrected chi connectivity index (χ4v) is 4.01. The van der Waals surface area contributed by atoms with E-state index in [0.717, 1.165) is 25.7 Å². The van der Waals surface area contributed by atoms with Crippen LogP contribution in [-0.4, -0.2) is 6.10 Å². The first-order valence-electron chi connectivity index (χ1n) is 9.38. The minimum Gasteiger partial charge on any atom is -0.618 e. The van der Waals surface area contributed by atoms with E-state index in [1.807, 2.05) is 0 Å². The number of benzene rings is 1. The molecule has 0 radical (unpaired) electrons. The molecule has 1 aromatic heterocycles. The zero-order valence-corrected chi connectivity index (χ0v) is 16.2. The van der Waals surface area contributed by atoms with Crippen LogP contribution in [0.15, 0.2) is 24.3 Å². The van der Waals surface area contributed by atoms with Crippen LogP contribution in [0.25, 0.3) is 10.9 Å². The van der Waals surface area contributed by atoms with Crippen LogP contribution in [0.1, 0.15) is 57.7 Å². The first-order chi connectivity index (χ1) is 12.5. The number of halogens is 3. The van der Waals surface area contributed by atoms with Crippen LogP contribution in [0.5, 0.6) is 5.75 Å². The highest BCUT2D eigenvalue weighted by atomic mass is 19.4. The molecule has 0 aliphatic heterocycles. The molecule has 1 fully saturated rings. The molecule has 0 N–H and O–H groups in total. The maximum absolute atomic E-state index is 13.8. The molecule has 0 bridgehead atoms. The summed E-state index contributed by atoms with van der Waals surface area (Å²) in [5.41, 5.74) is -0.302. The second-order valence-electron chi connectivity index (χ2n) is 8.60. The van der Waals surface area contributed by atoms with Crippen molar-refractivity contribution in [3.05, 3.63) is 40.7 Å². The van der Waals surface area contributed by atoms with Crippen LogP contribution >= 0.6 is 0 Å². The topological polar surface area (TPSA) is 36.2 Å². The standard InChI is InChI=1S/C21H26F3NO2/c1-13-5-10-16-17(25(13)26)11-12-18(19(16)21(22,23)24)27-15-8-6-14(7-9-15)20(2,3)4/h5,10-12,14-15H,6-9H2,1-4H3. The van der Waals surface area contributed by atoms with E-state index in [2.05, 4.69) is 20.8 Å². The maximum Gasteiger partial charge on any atom is 0.420 e. The molecule has 1 aliphatic carbocycles. The Labute approximate surface area is 157 Å². The van der Waals surface area contributed by atoms with Gasteiger partial charge in [-0.05, 0) is 49.1 Å². The molecule has 3 nitrogen and oxygen atoms in total. The van der Waals surface area contributed by atoms with Gasteiger partial charge in [0.2, 0.25) is 5.52 Å². The molecule has 148 valence electrons. The maximum atomic E-state index is 13.8. The van der Waals surface area contributed by atoms with Crippen LogP contribution in [0.4, 0.5) is 13.2 Å². The molecule has 0 saturated heterocycles. The number of nitrogens with zero attached hydrogens (tertiary/aromatic N) is 1. The zero-order valence-electron chi connectivity index (χ0n) is 16.2. The summed E-state index contributed by atoms with van der Waals surface area (Å²) in [6.45, 7) is 8.16. The van der Waals surface area contributed by atoms with Gasteiger partial charge >= 0.3 is 6.18 Å². The summed E-state index contributed by atoms with van der Waals surface area (Å²) in [6.07, 6.45) is -1.45. The van der Waals surface area contributed by atoms with Gasteiger partial charge in [-0.15, -0.1) is 0 Å². The Bertz CT molecular complexity index is 832. The van der Waals surface area contributed by atoms with Crippen molar-refractivity contribution >= 4 is 10.9 Å². The van der Waals surface area contributed by atoms with Gasteiger partial charge in [-0.1, -0.05) is 20.8 Å². The third-order valence-corrected chi connectivity index (χ3v) is 5.69. The van der Waals surface area contributed by atoms with E-state index in [1.165, 1.54) is 24.3 Å². The van der Waals surface area contributed by atoms with Crippen LogP contribution < -0.4 is 9.47 Å². The molecule has 3 rings (SSSR count). The van der Waals surface area contributed by atoms with E-state index in [-0.39, 0.29) is 28.2 Å². The van der Waals surface area contributed by atoms with Gasteiger partial charge in [-0.25, -0.2) is 0 Å². The first-order valence-corrected chi connectivity index (χ1v) is 9.38. The number of rotatable bonds is 2. The molecule has 1 aliphatic rings. The summed E-state index contributed by atoms with van der Waals surface area (Å²) in [6, 6.07) is 5.46. The second kappa shape index (κ2) is 6.88. The lowest BCUT2D eigenvalue weighted by Gasteiger charge is -2.37. The highest BCUT2D eigenvalue weighted by Crippen LogP contribution is 2.43. The predicted molar refractivity (Wildman–Crippen MR) is 98.5 cm³/mol. The van der Waals surface area contributed by atoms with Gasteiger partial charge in [0.15, 0.2) is 5.69 Å². The van der Waals surface area contributed by atoms with Crippen molar-refractivity contribution in [3.63, 3.8) is 0 Å². The molecule has 27 heavy (non-hydrogen) atoms. The van der Waals surface area contributed by atoms with E-state index in [4.69, 9.17) is 4.74 Å². The van der Waals surface area contributed by atoms with Gasteiger partial charge < -0.3 is 9.94 Å². The van der Waals surface area contributed by atoms with E-state index in [9.17, 15) is 18.4 Å². The fourth-order valence-electron chi connectivity index (χ4n) is 4.01. The average molecular weight is 381 g/mol. The lowest BCUT2D eigenvalue weighted by Crippen LogP contribution is -2.32. The molecule has 6 heteroatoms. The predicted octanol–water partition coefficient (Wildman–Crippen LogP) is 5.78. The third-order valence-electron chi connectivity index (χ3n) is 5.69. The Hall–Kier alpha value is -1.98. The third kappa shape index (κ3) is 3.99. The van der Waals surface area contributed by atoms with Gasteiger partial charge in [0.25, 0.3) is 0 Å². The fraction of sp³-hybridized carbons (Fsp3) is 0.571. The van der Waals surface area contributed by atoms with E-state index in [1.54, 1.807) is 6.92 Å². The van der Waals surface area contributed by atoms with Gasteiger partial charge in [0.05, 0.1) is 11.5 Å². The summed E-state index contributed by atoms with van der Waals surface area (Å²) >= 11 is 0. The second-order valence-corrected chi connectivity index (χ2v) is 8.60.